The fourth-order valence-electron chi connectivity index (χ4n) is 1.37. The number of hydrogen-bond donors (Lipinski definition) is 1. The maximum absolute atomic E-state index is 11.2. The Kier molecular flexibility index (Phi) is 3.59. The summed E-state index contributed by atoms with van der Waals surface area (Å²) >= 11 is 3.92. The molecule has 0 aromatic rings. The van der Waals surface area contributed by atoms with Crippen LogP contribution >= 0.6 is 12.6 Å². The van der Waals surface area contributed by atoms with Gasteiger partial charge in [0.15, 0.2) is 0 Å². The molecule has 74 valence electrons. The molecule has 1 aliphatic rings. The summed E-state index contributed by atoms with van der Waals surface area (Å²) in [6.45, 7) is 4.12. The Labute approximate surface area is 83.3 Å². The number of nitrogens with zero attached hydrogens (tertiary/aromatic N) is 2. The number of hydrogen-bond acceptors (Lipinski definition) is 3. The first-order chi connectivity index (χ1) is 6.15. The first kappa shape index (κ1) is 10.4. The molecule has 0 bridgehead atoms. The summed E-state index contributed by atoms with van der Waals surface area (Å²) in [5.74, 6) is 0.379. The van der Waals surface area contributed by atoms with Crippen molar-refractivity contribution in [1.82, 2.24) is 9.80 Å². The second-order valence-electron chi connectivity index (χ2n) is 3.04. The van der Waals surface area contributed by atoms with Gasteiger partial charge in [-0.25, -0.2) is 0 Å². The van der Waals surface area contributed by atoms with Crippen LogP contribution in [0.15, 0.2) is 0 Å². The van der Waals surface area contributed by atoms with Crippen molar-refractivity contribution >= 4 is 24.4 Å². The molecule has 1 heterocycles. The van der Waals surface area contributed by atoms with E-state index < -0.39 is 0 Å². The zero-order valence-corrected chi connectivity index (χ0v) is 8.59. The monoisotopic (exact) mass is 202 g/mol. The van der Waals surface area contributed by atoms with Gasteiger partial charge in [0.25, 0.3) is 0 Å². The molecule has 0 atom stereocenters. The van der Waals surface area contributed by atoms with Crippen molar-refractivity contribution in [2.24, 2.45) is 0 Å². The fourth-order valence-corrected chi connectivity index (χ4v) is 1.57. The van der Waals surface area contributed by atoms with E-state index in [1.54, 1.807) is 16.7 Å². The van der Waals surface area contributed by atoms with Crippen molar-refractivity contribution in [3.05, 3.63) is 0 Å². The van der Waals surface area contributed by atoms with Gasteiger partial charge in [-0.05, 0) is 0 Å². The highest BCUT2D eigenvalue weighted by atomic mass is 32.1. The van der Waals surface area contributed by atoms with E-state index >= 15 is 0 Å². The smallest absolute Gasteiger partial charge is 0.232 e. The van der Waals surface area contributed by atoms with Crippen LogP contribution in [0.1, 0.15) is 6.92 Å². The standard InChI is InChI=1S/C8H14N2O2S/c1-7(11)9-2-4-10(5-3-9)8(12)6-13/h13H,2-6H2,1H3. The summed E-state index contributed by atoms with van der Waals surface area (Å²) in [6.07, 6.45) is 0. The molecule has 1 saturated heterocycles. The first-order valence-corrected chi connectivity index (χ1v) is 4.92. The number of carbonyl (C=O) groups is 2. The van der Waals surface area contributed by atoms with Gasteiger partial charge in [-0.15, -0.1) is 0 Å². The maximum atomic E-state index is 11.2. The molecule has 1 fully saturated rings. The first-order valence-electron chi connectivity index (χ1n) is 4.29. The summed E-state index contributed by atoms with van der Waals surface area (Å²) in [4.78, 5) is 25.6. The van der Waals surface area contributed by atoms with Crippen molar-refractivity contribution in [1.29, 1.82) is 0 Å². The Morgan fingerprint density at radius 3 is 2.00 bits per heavy atom. The van der Waals surface area contributed by atoms with Crippen LogP contribution in [0.2, 0.25) is 0 Å². The molecule has 1 aliphatic heterocycles. The van der Waals surface area contributed by atoms with E-state index in [2.05, 4.69) is 12.6 Å². The molecule has 0 unspecified atom stereocenters. The molecule has 1 rings (SSSR count). The van der Waals surface area contributed by atoms with Crippen LogP contribution in [-0.2, 0) is 9.59 Å². The normalized spacial score (nSPS) is 17.4. The van der Waals surface area contributed by atoms with E-state index in [-0.39, 0.29) is 17.6 Å². The van der Waals surface area contributed by atoms with Crippen molar-refractivity contribution < 1.29 is 9.59 Å². The predicted octanol–water partition coefficient (Wildman–Crippen LogP) is -0.393. The summed E-state index contributed by atoms with van der Waals surface area (Å²) in [5.41, 5.74) is 0. The van der Waals surface area contributed by atoms with Gasteiger partial charge < -0.3 is 9.80 Å². The Balaban J connectivity index is 2.39. The van der Waals surface area contributed by atoms with E-state index in [0.717, 1.165) is 0 Å². The highest BCUT2D eigenvalue weighted by Gasteiger charge is 2.20. The third-order valence-electron chi connectivity index (χ3n) is 2.21. The highest BCUT2D eigenvalue weighted by Crippen LogP contribution is 2.02. The molecule has 0 saturated carbocycles. The molecule has 0 aliphatic carbocycles. The van der Waals surface area contributed by atoms with Crippen molar-refractivity contribution in [3.63, 3.8) is 0 Å². The van der Waals surface area contributed by atoms with Crippen molar-refractivity contribution in [2.45, 2.75) is 6.92 Å². The largest absolute Gasteiger partial charge is 0.339 e. The van der Waals surface area contributed by atoms with Crippen molar-refractivity contribution in [3.8, 4) is 0 Å². The van der Waals surface area contributed by atoms with Gasteiger partial charge in [-0.2, -0.15) is 12.6 Å². The minimum Gasteiger partial charge on any atom is -0.339 e. The summed E-state index contributed by atoms with van der Waals surface area (Å²) in [6, 6.07) is 0. The molecule has 4 nitrogen and oxygen atoms in total. The number of rotatable bonds is 1. The van der Waals surface area contributed by atoms with E-state index in [9.17, 15) is 9.59 Å². The second kappa shape index (κ2) is 4.50. The van der Waals surface area contributed by atoms with E-state index in [1.165, 1.54) is 0 Å². The minimum absolute atomic E-state index is 0.0477. The lowest BCUT2D eigenvalue weighted by molar-refractivity contribution is -0.136. The molecule has 2 amide bonds. The number of piperazine rings is 1. The van der Waals surface area contributed by atoms with Gasteiger partial charge in [-0.1, -0.05) is 0 Å². The quantitative estimate of drug-likeness (QED) is 0.588. The van der Waals surface area contributed by atoms with Gasteiger partial charge in [0, 0.05) is 33.1 Å². The Hall–Kier alpha value is -0.710. The molecule has 13 heavy (non-hydrogen) atoms. The maximum Gasteiger partial charge on any atom is 0.232 e. The van der Waals surface area contributed by atoms with Gasteiger partial charge >= 0.3 is 0 Å². The number of carbonyl (C=O) groups excluding carboxylic acids is 2. The molecule has 0 aromatic carbocycles. The van der Waals surface area contributed by atoms with Gasteiger partial charge in [-0.3, -0.25) is 9.59 Å². The molecule has 0 radical (unpaired) electrons. The van der Waals surface area contributed by atoms with Crippen LogP contribution < -0.4 is 0 Å². The van der Waals surface area contributed by atoms with Crippen LogP contribution in [0.25, 0.3) is 0 Å². The second-order valence-corrected chi connectivity index (χ2v) is 3.36. The zero-order chi connectivity index (χ0) is 9.84. The van der Waals surface area contributed by atoms with Crippen LogP contribution in [0.4, 0.5) is 0 Å². The zero-order valence-electron chi connectivity index (χ0n) is 7.69. The van der Waals surface area contributed by atoms with Gasteiger partial charge in [0.05, 0.1) is 5.75 Å². The Morgan fingerprint density at radius 2 is 1.62 bits per heavy atom. The van der Waals surface area contributed by atoms with Crippen LogP contribution in [-0.4, -0.2) is 53.5 Å². The molecular weight excluding hydrogens is 188 g/mol. The number of amides is 2. The highest BCUT2D eigenvalue weighted by molar-refractivity contribution is 7.81. The lowest BCUT2D eigenvalue weighted by atomic mass is 10.3. The summed E-state index contributed by atoms with van der Waals surface area (Å²) in [5, 5.41) is 0. The van der Waals surface area contributed by atoms with Crippen LogP contribution in [0.3, 0.4) is 0 Å². The SMILES string of the molecule is CC(=O)N1CCN(C(=O)CS)CC1. The third kappa shape index (κ3) is 2.62. The molecule has 0 aromatic heterocycles. The topological polar surface area (TPSA) is 40.6 Å². The van der Waals surface area contributed by atoms with E-state index in [4.69, 9.17) is 0 Å². The van der Waals surface area contributed by atoms with Crippen molar-refractivity contribution in [2.75, 3.05) is 31.9 Å². The summed E-state index contributed by atoms with van der Waals surface area (Å²) < 4.78 is 0. The fraction of sp³-hybridized carbons (Fsp3) is 0.750. The van der Waals surface area contributed by atoms with Crippen LogP contribution in [0, 0.1) is 0 Å². The van der Waals surface area contributed by atoms with Crippen LogP contribution in [0.5, 0.6) is 0 Å². The molecule has 5 heteroatoms. The minimum atomic E-state index is 0.0477. The Bertz CT molecular complexity index is 212. The van der Waals surface area contributed by atoms with Gasteiger partial charge in [0.2, 0.25) is 11.8 Å². The summed E-state index contributed by atoms with van der Waals surface area (Å²) in [7, 11) is 0. The van der Waals surface area contributed by atoms with E-state index in [0.29, 0.717) is 26.2 Å². The Morgan fingerprint density at radius 1 is 1.15 bits per heavy atom. The van der Waals surface area contributed by atoms with E-state index in [1.807, 2.05) is 0 Å². The third-order valence-corrected chi connectivity index (χ3v) is 2.48. The average Bonchev–Trinajstić information content (AvgIpc) is 2.17. The van der Waals surface area contributed by atoms with Gasteiger partial charge in [0.1, 0.15) is 0 Å². The number of thiol groups is 1. The molecule has 0 spiro atoms. The predicted molar refractivity (Wildman–Crippen MR) is 52.7 cm³/mol. The average molecular weight is 202 g/mol. The lowest BCUT2D eigenvalue weighted by Gasteiger charge is -2.33. The molecule has 0 N–H and O–H groups in total. The molecular formula is C8H14N2O2S. The lowest BCUT2D eigenvalue weighted by Crippen LogP contribution is -2.50.